The highest BCUT2D eigenvalue weighted by Crippen LogP contribution is 2.32. The van der Waals surface area contributed by atoms with Crippen LogP contribution in [0, 0.1) is 0 Å². The first-order valence-electron chi connectivity index (χ1n) is 7.08. The summed E-state index contributed by atoms with van der Waals surface area (Å²) in [6.45, 7) is 1.90. The number of para-hydroxylation sites is 1. The predicted molar refractivity (Wildman–Crippen MR) is 89.4 cm³/mol. The van der Waals surface area contributed by atoms with Crippen LogP contribution in [-0.2, 0) is 7.05 Å². The molecule has 0 atom stereocenters. The third kappa shape index (κ3) is 2.33. The summed E-state index contributed by atoms with van der Waals surface area (Å²) in [6, 6.07) is 15.3. The maximum absolute atomic E-state index is 10.5. The van der Waals surface area contributed by atoms with Crippen molar-refractivity contribution in [1.29, 1.82) is 0 Å². The largest absolute Gasteiger partial charge is 0.505 e. The van der Waals surface area contributed by atoms with E-state index >= 15 is 0 Å². The van der Waals surface area contributed by atoms with E-state index in [-0.39, 0.29) is 5.75 Å². The Bertz CT molecular complexity index is 806. The Labute approximate surface area is 129 Å². The average molecular weight is 294 g/mol. The molecule has 1 heterocycles. The molecular weight excluding hydrogens is 276 g/mol. The molecule has 112 valence electrons. The minimum absolute atomic E-state index is 0.271. The number of methoxy groups -OCH3 is 1. The summed E-state index contributed by atoms with van der Waals surface area (Å²) in [6.07, 6.45) is 0. The summed E-state index contributed by atoms with van der Waals surface area (Å²) in [5.74, 6) is 1.07. The van der Waals surface area contributed by atoms with Crippen molar-refractivity contribution in [2.45, 2.75) is 6.92 Å². The molecule has 0 bridgehead atoms. The van der Waals surface area contributed by atoms with E-state index in [1.165, 1.54) is 0 Å². The number of aryl methyl sites for hydroxylation is 1. The maximum atomic E-state index is 10.5. The van der Waals surface area contributed by atoms with Gasteiger partial charge in [0.1, 0.15) is 17.2 Å². The van der Waals surface area contributed by atoms with Crippen molar-refractivity contribution in [2.75, 3.05) is 7.11 Å². The highest BCUT2D eigenvalue weighted by molar-refractivity contribution is 6.07. The second kappa shape index (κ2) is 5.56. The lowest BCUT2D eigenvalue weighted by Gasteiger charge is -2.05. The number of aromatic nitrogens is 1. The first kappa shape index (κ1) is 14.2. The topological polar surface area (TPSA) is 46.8 Å². The molecule has 1 N–H and O–H groups in total. The van der Waals surface area contributed by atoms with E-state index in [0.717, 1.165) is 33.7 Å². The summed E-state index contributed by atoms with van der Waals surface area (Å²) in [5.41, 5.74) is 3.31. The van der Waals surface area contributed by atoms with Crippen molar-refractivity contribution in [3.8, 4) is 11.5 Å². The van der Waals surface area contributed by atoms with Gasteiger partial charge in [0.15, 0.2) is 0 Å². The molecule has 0 amide bonds. The highest BCUT2D eigenvalue weighted by atomic mass is 16.5. The molecule has 1 aromatic heterocycles. The second-order valence-electron chi connectivity index (χ2n) is 5.17. The summed E-state index contributed by atoms with van der Waals surface area (Å²) in [4.78, 5) is 4.60. The van der Waals surface area contributed by atoms with E-state index in [2.05, 4.69) is 4.99 Å². The summed E-state index contributed by atoms with van der Waals surface area (Å²) in [5, 5.41) is 11.3. The molecule has 2 aromatic carbocycles. The summed E-state index contributed by atoms with van der Waals surface area (Å²) >= 11 is 0. The van der Waals surface area contributed by atoms with E-state index in [0.29, 0.717) is 0 Å². The van der Waals surface area contributed by atoms with E-state index in [4.69, 9.17) is 4.74 Å². The van der Waals surface area contributed by atoms with Gasteiger partial charge in [0.05, 0.1) is 24.0 Å². The lowest BCUT2D eigenvalue weighted by molar-refractivity contribution is 0.415. The number of nitrogens with zero attached hydrogens (tertiary/aromatic N) is 2. The van der Waals surface area contributed by atoms with Gasteiger partial charge in [0.25, 0.3) is 0 Å². The fourth-order valence-electron chi connectivity index (χ4n) is 2.69. The molecule has 0 radical (unpaired) electrons. The van der Waals surface area contributed by atoms with Crippen LogP contribution >= 0.6 is 0 Å². The van der Waals surface area contributed by atoms with Crippen LogP contribution in [0.4, 0.5) is 5.69 Å². The number of aromatic hydroxyl groups is 1. The van der Waals surface area contributed by atoms with Gasteiger partial charge < -0.3 is 14.4 Å². The van der Waals surface area contributed by atoms with Crippen LogP contribution < -0.4 is 4.74 Å². The van der Waals surface area contributed by atoms with Gasteiger partial charge in [-0.3, -0.25) is 4.99 Å². The molecule has 3 aromatic rings. The normalized spacial score (nSPS) is 11.9. The van der Waals surface area contributed by atoms with Crippen LogP contribution in [0.3, 0.4) is 0 Å². The number of aliphatic imine (C=N–C) groups is 1. The molecule has 0 unspecified atom stereocenters. The zero-order valence-electron chi connectivity index (χ0n) is 12.9. The molecular formula is C18H18N2O2. The third-order valence-electron chi connectivity index (χ3n) is 3.79. The quantitative estimate of drug-likeness (QED) is 0.741. The molecule has 0 aliphatic heterocycles. The molecule has 0 saturated heterocycles. The van der Waals surface area contributed by atoms with Crippen molar-refractivity contribution < 1.29 is 9.84 Å². The number of fused-ring (bicyclic) bond motifs is 1. The SMILES string of the molecule is COc1ccc(N=C(C)c2c(O)c3ccccc3n2C)cc1. The Morgan fingerprint density at radius 2 is 1.77 bits per heavy atom. The van der Waals surface area contributed by atoms with Gasteiger partial charge in [-0.25, -0.2) is 0 Å². The fraction of sp³-hybridized carbons (Fsp3) is 0.167. The Morgan fingerprint density at radius 1 is 1.09 bits per heavy atom. The zero-order valence-corrected chi connectivity index (χ0v) is 12.9. The number of rotatable bonds is 3. The molecule has 22 heavy (non-hydrogen) atoms. The predicted octanol–water partition coefficient (Wildman–Crippen LogP) is 4.03. The van der Waals surface area contributed by atoms with Gasteiger partial charge in [-0.15, -0.1) is 0 Å². The molecule has 0 spiro atoms. The Morgan fingerprint density at radius 3 is 2.41 bits per heavy atom. The van der Waals surface area contributed by atoms with Gasteiger partial charge in [-0.05, 0) is 43.3 Å². The molecule has 0 saturated carbocycles. The number of benzene rings is 2. The minimum atomic E-state index is 0.271. The molecule has 4 heteroatoms. The summed E-state index contributed by atoms with van der Waals surface area (Å²) in [7, 11) is 3.57. The first-order valence-corrected chi connectivity index (χ1v) is 7.08. The minimum Gasteiger partial charge on any atom is -0.505 e. The third-order valence-corrected chi connectivity index (χ3v) is 3.79. The zero-order chi connectivity index (χ0) is 15.7. The lowest BCUT2D eigenvalue weighted by Crippen LogP contribution is -2.02. The molecule has 0 aliphatic rings. The van der Waals surface area contributed by atoms with Crippen LogP contribution in [0.2, 0.25) is 0 Å². The van der Waals surface area contributed by atoms with Gasteiger partial charge in [-0.2, -0.15) is 0 Å². The molecule has 0 fully saturated rings. The molecule has 3 rings (SSSR count). The monoisotopic (exact) mass is 294 g/mol. The first-order chi connectivity index (χ1) is 10.6. The van der Waals surface area contributed by atoms with Crippen LogP contribution in [0.15, 0.2) is 53.5 Å². The Kier molecular flexibility index (Phi) is 3.59. The van der Waals surface area contributed by atoms with Crippen LogP contribution in [0.25, 0.3) is 10.9 Å². The molecule has 4 nitrogen and oxygen atoms in total. The van der Waals surface area contributed by atoms with Crippen molar-refractivity contribution >= 4 is 22.3 Å². The summed E-state index contributed by atoms with van der Waals surface area (Å²) < 4.78 is 7.11. The van der Waals surface area contributed by atoms with Crippen molar-refractivity contribution in [3.05, 3.63) is 54.2 Å². The molecule has 0 aliphatic carbocycles. The second-order valence-corrected chi connectivity index (χ2v) is 5.17. The smallest absolute Gasteiger partial charge is 0.150 e. The van der Waals surface area contributed by atoms with Crippen molar-refractivity contribution in [3.63, 3.8) is 0 Å². The van der Waals surface area contributed by atoms with Crippen molar-refractivity contribution in [1.82, 2.24) is 4.57 Å². The number of hydrogen-bond acceptors (Lipinski definition) is 3. The average Bonchev–Trinajstić information content (AvgIpc) is 2.80. The van der Waals surface area contributed by atoms with Crippen LogP contribution in [0.1, 0.15) is 12.6 Å². The highest BCUT2D eigenvalue weighted by Gasteiger charge is 2.16. The van der Waals surface area contributed by atoms with Gasteiger partial charge >= 0.3 is 0 Å². The van der Waals surface area contributed by atoms with Crippen LogP contribution in [0.5, 0.6) is 11.5 Å². The van der Waals surface area contributed by atoms with Gasteiger partial charge in [0.2, 0.25) is 0 Å². The van der Waals surface area contributed by atoms with E-state index < -0.39 is 0 Å². The van der Waals surface area contributed by atoms with Crippen LogP contribution in [-0.4, -0.2) is 22.5 Å². The van der Waals surface area contributed by atoms with Gasteiger partial charge in [0, 0.05) is 12.4 Å². The fourth-order valence-corrected chi connectivity index (χ4v) is 2.69. The number of ether oxygens (including phenoxy) is 1. The van der Waals surface area contributed by atoms with E-state index in [1.807, 2.05) is 67.1 Å². The van der Waals surface area contributed by atoms with E-state index in [9.17, 15) is 5.11 Å². The Hall–Kier alpha value is -2.75. The van der Waals surface area contributed by atoms with E-state index in [1.54, 1.807) is 7.11 Å². The standard InChI is InChI=1S/C18H18N2O2/c1-12(19-13-8-10-14(22-3)11-9-13)17-18(21)15-6-4-5-7-16(15)20(17)2/h4-11,21H,1-3H3. The maximum Gasteiger partial charge on any atom is 0.150 e. The number of hydrogen-bond donors (Lipinski definition) is 1. The van der Waals surface area contributed by atoms with Crippen molar-refractivity contribution in [2.24, 2.45) is 12.0 Å². The van der Waals surface area contributed by atoms with Gasteiger partial charge in [-0.1, -0.05) is 12.1 Å². The lowest BCUT2D eigenvalue weighted by atomic mass is 10.2. The Balaban J connectivity index is 2.07.